The number of aryl methyl sites for hydroxylation is 1. The second-order valence-corrected chi connectivity index (χ2v) is 10.6. The first kappa shape index (κ1) is 25.2. The lowest BCUT2D eigenvalue weighted by Crippen LogP contribution is -2.31. The van der Waals surface area contributed by atoms with E-state index >= 15 is 0 Å². The molecule has 1 amide bonds. The monoisotopic (exact) mass is 481 g/mol. The van der Waals surface area contributed by atoms with Gasteiger partial charge in [0.2, 0.25) is 7.37 Å². The molecule has 7 nitrogen and oxygen atoms in total. The first-order valence-electron chi connectivity index (χ1n) is 10.9. The zero-order valence-electron chi connectivity index (χ0n) is 18.8. The molecule has 0 aliphatic rings. The molecule has 3 aromatic carbocycles. The molecule has 0 spiro atoms. The molecule has 0 heterocycles. The van der Waals surface area contributed by atoms with Gasteiger partial charge in [-0.25, -0.2) is 4.79 Å². The van der Waals surface area contributed by atoms with E-state index in [1.54, 1.807) is 60.7 Å². The SMILES string of the molecule is Cc1ccc(C(NC(=O)OCc2ccccc2)P(=O)(O)CC(Cc2ccccc2)C(=O)O)cc1. The lowest BCUT2D eigenvalue weighted by atomic mass is 10.0. The van der Waals surface area contributed by atoms with Crippen molar-refractivity contribution in [1.82, 2.24) is 5.32 Å². The summed E-state index contributed by atoms with van der Waals surface area (Å²) in [5.74, 6) is -3.59. The van der Waals surface area contributed by atoms with Gasteiger partial charge in [-0.1, -0.05) is 90.5 Å². The molecule has 0 aromatic heterocycles. The van der Waals surface area contributed by atoms with Crippen molar-refractivity contribution in [1.29, 1.82) is 0 Å². The molecule has 178 valence electrons. The normalized spacial score (nSPS) is 14.4. The van der Waals surface area contributed by atoms with Gasteiger partial charge in [-0.15, -0.1) is 0 Å². The number of amides is 1. The molecule has 0 aliphatic heterocycles. The zero-order chi connectivity index (χ0) is 24.6. The van der Waals surface area contributed by atoms with Gasteiger partial charge in [0.1, 0.15) is 12.4 Å². The number of hydrogen-bond acceptors (Lipinski definition) is 4. The summed E-state index contributed by atoms with van der Waals surface area (Å²) in [5.41, 5.74) is 2.86. The molecule has 0 fully saturated rings. The van der Waals surface area contributed by atoms with E-state index in [2.05, 4.69) is 5.32 Å². The molecule has 34 heavy (non-hydrogen) atoms. The molecule has 8 heteroatoms. The Balaban J connectivity index is 1.80. The van der Waals surface area contributed by atoms with Gasteiger partial charge in [0.25, 0.3) is 0 Å². The predicted octanol–water partition coefficient (Wildman–Crippen LogP) is 5.13. The molecule has 3 atom stereocenters. The van der Waals surface area contributed by atoms with Crippen LogP contribution in [0.15, 0.2) is 84.9 Å². The van der Waals surface area contributed by atoms with Crippen LogP contribution >= 0.6 is 7.37 Å². The molecule has 3 aromatic rings. The molecule has 0 radical (unpaired) electrons. The van der Waals surface area contributed by atoms with Crippen LogP contribution in [-0.2, 0) is 27.1 Å². The minimum absolute atomic E-state index is 0.00518. The van der Waals surface area contributed by atoms with Gasteiger partial charge in [-0.3, -0.25) is 9.36 Å². The second kappa shape index (κ2) is 11.6. The Bertz CT molecular complexity index is 1130. The number of aliphatic carboxylic acids is 1. The Kier molecular flexibility index (Phi) is 8.63. The third-order valence-corrected chi connectivity index (χ3v) is 7.62. The van der Waals surface area contributed by atoms with Gasteiger partial charge in [0.15, 0.2) is 0 Å². The number of carboxylic acid groups (broad SMARTS) is 1. The summed E-state index contributed by atoms with van der Waals surface area (Å²) in [7, 11) is -4.23. The molecule has 3 unspecified atom stereocenters. The average molecular weight is 481 g/mol. The number of rotatable bonds is 10. The Labute approximate surface area is 198 Å². The van der Waals surface area contributed by atoms with Crippen LogP contribution in [-0.4, -0.2) is 28.2 Å². The van der Waals surface area contributed by atoms with Gasteiger partial charge < -0.3 is 20.1 Å². The fourth-order valence-corrected chi connectivity index (χ4v) is 5.66. The smallest absolute Gasteiger partial charge is 0.408 e. The van der Waals surface area contributed by atoms with E-state index in [1.807, 2.05) is 31.2 Å². The quantitative estimate of drug-likeness (QED) is 0.346. The minimum atomic E-state index is -4.23. The maximum atomic E-state index is 13.5. The number of alkyl carbamates (subject to hydrolysis) is 1. The maximum absolute atomic E-state index is 13.5. The third kappa shape index (κ3) is 7.30. The van der Waals surface area contributed by atoms with Crippen molar-refractivity contribution in [3.8, 4) is 0 Å². The lowest BCUT2D eigenvalue weighted by molar-refractivity contribution is -0.141. The second-order valence-electron chi connectivity index (χ2n) is 8.18. The highest BCUT2D eigenvalue weighted by Gasteiger charge is 2.38. The summed E-state index contributed by atoms with van der Waals surface area (Å²) in [5, 5.41) is 12.2. The number of carboxylic acids is 1. The fraction of sp³-hybridized carbons (Fsp3) is 0.231. The van der Waals surface area contributed by atoms with Crippen molar-refractivity contribution < 1.29 is 28.9 Å². The first-order chi connectivity index (χ1) is 16.2. The summed E-state index contributed by atoms with van der Waals surface area (Å²) >= 11 is 0. The topological polar surface area (TPSA) is 113 Å². The highest BCUT2D eigenvalue weighted by molar-refractivity contribution is 7.58. The van der Waals surface area contributed by atoms with Gasteiger partial charge in [-0.05, 0) is 30.0 Å². The van der Waals surface area contributed by atoms with Crippen molar-refractivity contribution >= 4 is 19.4 Å². The van der Waals surface area contributed by atoms with E-state index in [-0.39, 0.29) is 13.0 Å². The Morgan fingerprint density at radius 3 is 2.03 bits per heavy atom. The van der Waals surface area contributed by atoms with Crippen molar-refractivity contribution in [2.75, 3.05) is 6.16 Å². The number of carbonyl (C=O) groups is 2. The van der Waals surface area contributed by atoms with Crippen LogP contribution in [0.5, 0.6) is 0 Å². The molecule has 0 bridgehead atoms. The van der Waals surface area contributed by atoms with Crippen LogP contribution in [0.3, 0.4) is 0 Å². The average Bonchev–Trinajstić information content (AvgIpc) is 2.82. The molecular weight excluding hydrogens is 453 g/mol. The number of hydrogen-bond donors (Lipinski definition) is 3. The summed E-state index contributed by atoms with van der Waals surface area (Å²) in [6, 6.07) is 24.8. The van der Waals surface area contributed by atoms with E-state index in [4.69, 9.17) is 4.74 Å². The van der Waals surface area contributed by atoms with Gasteiger partial charge >= 0.3 is 12.1 Å². The highest BCUT2D eigenvalue weighted by atomic mass is 31.2. The number of nitrogens with one attached hydrogen (secondary N) is 1. The van der Waals surface area contributed by atoms with Crippen molar-refractivity contribution in [3.05, 3.63) is 107 Å². The largest absolute Gasteiger partial charge is 0.481 e. The van der Waals surface area contributed by atoms with E-state index < -0.39 is 37.3 Å². The van der Waals surface area contributed by atoms with Crippen LogP contribution < -0.4 is 5.32 Å². The van der Waals surface area contributed by atoms with Gasteiger partial charge in [0, 0.05) is 6.16 Å². The fourth-order valence-electron chi connectivity index (χ4n) is 3.59. The molecule has 0 saturated heterocycles. The highest BCUT2D eigenvalue weighted by Crippen LogP contribution is 2.55. The summed E-state index contributed by atoms with van der Waals surface area (Å²) < 4.78 is 18.8. The zero-order valence-corrected chi connectivity index (χ0v) is 19.7. The van der Waals surface area contributed by atoms with Crippen LogP contribution in [0.4, 0.5) is 4.79 Å². The third-order valence-electron chi connectivity index (χ3n) is 5.42. The van der Waals surface area contributed by atoms with Crippen LogP contribution in [0.2, 0.25) is 0 Å². The number of carbonyl (C=O) groups excluding carboxylic acids is 1. The first-order valence-corrected chi connectivity index (χ1v) is 12.8. The Hall–Kier alpha value is -3.41. The van der Waals surface area contributed by atoms with Crippen LogP contribution in [0.25, 0.3) is 0 Å². The van der Waals surface area contributed by atoms with Gasteiger partial charge in [-0.2, -0.15) is 0 Å². The standard InChI is InChI=1S/C26H28NO6P/c1-19-12-14-22(15-13-19)24(27-26(30)33-17-21-10-6-3-7-11-21)34(31,32)18-23(25(28)29)16-20-8-4-2-5-9-20/h2-15,23-24H,16-18H2,1H3,(H,27,30)(H,28,29)(H,31,32). The molecule has 0 saturated carbocycles. The summed E-state index contributed by atoms with van der Waals surface area (Å²) in [6.45, 7) is 1.87. The van der Waals surface area contributed by atoms with E-state index in [1.165, 1.54) is 0 Å². The Morgan fingerprint density at radius 1 is 0.912 bits per heavy atom. The van der Waals surface area contributed by atoms with Crippen molar-refractivity contribution in [2.45, 2.75) is 25.7 Å². The van der Waals surface area contributed by atoms with Crippen LogP contribution in [0.1, 0.15) is 28.0 Å². The summed E-state index contributed by atoms with van der Waals surface area (Å²) in [4.78, 5) is 35.5. The van der Waals surface area contributed by atoms with Gasteiger partial charge in [0.05, 0.1) is 5.92 Å². The van der Waals surface area contributed by atoms with Crippen LogP contribution in [0, 0.1) is 12.8 Å². The summed E-state index contributed by atoms with van der Waals surface area (Å²) in [6.07, 6.45) is -1.27. The van der Waals surface area contributed by atoms with E-state index in [0.717, 1.165) is 16.7 Å². The molecule has 3 rings (SSSR count). The molecule has 0 aliphatic carbocycles. The van der Waals surface area contributed by atoms with E-state index in [0.29, 0.717) is 5.56 Å². The Morgan fingerprint density at radius 2 is 1.47 bits per heavy atom. The van der Waals surface area contributed by atoms with Crippen molar-refractivity contribution in [3.63, 3.8) is 0 Å². The molecule has 3 N–H and O–H groups in total. The maximum Gasteiger partial charge on any atom is 0.408 e. The van der Waals surface area contributed by atoms with E-state index in [9.17, 15) is 24.2 Å². The number of benzene rings is 3. The van der Waals surface area contributed by atoms with Crippen molar-refractivity contribution in [2.24, 2.45) is 5.92 Å². The lowest BCUT2D eigenvalue weighted by Gasteiger charge is -2.26. The molecular formula is C26H28NO6P. The minimum Gasteiger partial charge on any atom is -0.481 e. The predicted molar refractivity (Wildman–Crippen MR) is 130 cm³/mol. The number of ether oxygens (including phenoxy) is 1.